The summed E-state index contributed by atoms with van der Waals surface area (Å²) in [4.78, 5) is 0. The number of aromatic nitrogens is 3. The van der Waals surface area contributed by atoms with Crippen LogP contribution in [0.25, 0.3) is 148 Å². The number of benzene rings is 13. The molecule has 3 aromatic heterocycles. The van der Waals surface area contributed by atoms with Gasteiger partial charge in [0.1, 0.15) is 0 Å². The lowest BCUT2D eigenvalue weighted by atomic mass is 9.34. The summed E-state index contributed by atoms with van der Waals surface area (Å²) < 4.78 is 149. The molecule has 16 aromatic rings. The van der Waals surface area contributed by atoms with Crippen molar-refractivity contribution in [2.24, 2.45) is 0 Å². The molecule has 408 valence electrons. The summed E-state index contributed by atoms with van der Waals surface area (Å²) in [7, 11) is 0. The van der Waals surface area contributed by atoms with Crippen LogP contribution >= 0.6 is 0 Å². The molecule has 0 saturated carbocycles. The van der Waals surface area contributed by atoms with Crippen LogP contribution in [0.4, 0.5) is 0 Å². The maximum atomic E-state index is 11.6. The Morgan fingerprint density at radius 1 is 0.333 bits per heavy atom. The van der Waals surface area contributed by atoms with Gasteiger partial charge in [0.2, 0.25) is 0 Å². The molecule has 4 heteroatoms. The molecule has 0 radical (unpaired) electrons. The molecular weight excluding hydrogens is 1050 g/mol. The fourth-order valence-corrected chi connectivity index (χ4v) is 14.5. The summed E-state index contributed by atoms with van der Waals surface area (Å²) in [5, 5.41) is 7.77. The van der Waals surface area contributed by atoms with Crippen molar-refractivity contribution in [2.75, 3.05) is 0 Å². The van der Waals surface area contributed by atoms with Gasteiger partial charge in [-0.1, -0.05) is 269 Å². The highest BCUT2D eigenvalue weighted by Gasteiger charge is 2.42. The van der Waals surface area contributed by atoms with Gasteiger partial charge in [-0.2, -0.15) is 0 Å². The highest BCUT2D eigenvalue weighted by Crippen LogP contribution is 2.46. The van der Waals surface area contributed by atoms with Crippen LogP contribution in [0.3, 0.4) is 0 Å². The quantitative estimate of drug-likeness (QED) is 0.157. The smallest absolute Gasteiger partial charge is 0.252 e. The standard InChI is InChI=1S/C83H58BN3/c1-51-45-46-69-81-76(51)65-37-17-15-31-59(65)57-29-11-13-33-61(57)67-41-23-39-55(52-25-7-5-8-26-52)79(67)86(81)74-49-54(83(2,3)4)50-75-78(74)84(69)70-47-48-73(85-71-43-21-19-35-63(71)64-36-20-22-44-72(64)85)77-66-38-18-16-32-60(66)58-30-12-14-34-62(58)68-42-24-40-56(53-27-9-6-10-28-53)80(68)87(75)82(70)77/h5-50H,1-4H3/i19D,20D,21D,22D,35D,36D,43D,44D,45D,46D,47D,48D,49D,50D. The fourth-order valence-electron chi connectivity index (χ4n) is 14.5. The first-order valence-electron chi connectivity index (χ1n) is 36.5. The van der Waals surface area contributed by atoms with Gasteiger partial charge in [-0.15, -0.1) is 0 Å². The zero-order chi connectivity index (χ0) is 70.0. The minimum atomic E-state index is -1.36. The maximum absolute atomic E-state index is 11.6. The van der Waals surface area contributed by atoms with Crippen LogP contribution in [-0.2, 0) is 5.41 Å². The summed E-state index contributed by atoms with van der Waals surface area (Å²) in [5.41, 5.74) is 5.59. The van der Waals surface area contributed by atoms with Crippen molar-refractivity contribution in [3.63, 3.8) is 0 Å². The van der Waals surface area contributed by atoms with Crippen LogP contribution in [0.1, 0.15) is 51.1 Å². The highest BCUT2D eigenvalue weighted by molar-refractivity contribution is 7.00. The lowest BCUT2D eigenvalue weighted by Gasteiger charge is -2.38. The average Bonchev–Trinajstić information content (AvgIpc) is 1.54. The number of hydrogen-bond donors (Lipinski definition) is 0. The molecule has 3 nitrogen and oxygen atoms in total. The monoisotopic (exact) mass is 1120 g/mol. The van der Waals surface area contributed by atoms with E-state index in [0.717, 1.165) is 54.4 Å². The molecule has 5 heterocycles. The van der Waals surface area contributed by atoms with Crippen molar-refractivity contribution in [1.82, 2.24) is 13.7 Å². The van der Waals surface area contributed by atoms with Gasteiger partial charge < -0.3 is 13.7 Å². The van der Waals surface area contributed by atoms with E-state index < -0.39 is 72.6 Å². The molecule has 0 saturated heterocycles. The van der Waals surface area contributed by atoms with E-state index >= 15 is 0 Å². The summed E-state index contributed by atoms with van der Waals surface area (Å²) in [5.74, 6) is 0. The van der Waals surface area contributed by atoms with Crippen LogP contribution in [0.15, 0.2) is 279 Å². The van der Waals surface area contributed by atoms with Crippen molar-refractivity contribution in [3.05, 3.63) is 290 Å². The van der Waals surface area contributed by atoms with Gasteiger partial charge in [-0.05, 0) is 124 Å². The SMILES string of the molecule is [2H]c1c2c3c(c([2H])c1C(C)(C)C)-n1c4c(-c5ccccc5)cccc4c4ccccc4c4ccccc4c4c(-n5c6c([2H])c([2H])c([2H])c([2H])c6c6c([2H])c([2H])c([2H])c([2H])c65)c([2H])c([2H])c(c41)B3c1c([2H])c([2H])c(C)c3c4ccccc4c4ccccc4c4cccc(-c5ccccc5)c4n-2c13. The Bertz CT molecular complexity index is 6610. The Kier molecular flexibility index (Phi) is 8.06. The first-order chi connectivity index (χ1) is 48.6. The molecule has 0 amide bonds. The minimum Gasteiger partial charge on any atom is -0.310 e. The number of nitrogens with zero attached hydrogens (tertiary/aromatic N) is 3. The van der Waals surface area contributed by atoms with E-state index in [0.29, 0.717) is 65.9 Å². The predicted molar refractivity (Wildman–Crippen MR) is 374 cm³/mol. The van der Waals surface area contributed by atoms with E-state index in [2.05, 4.69) is 47.0 Å². The van der Waals surface area contributed by atoms with Crippen LogP contribution in [0.2, 0.25) is 0 Å². The molecule has 87 heavy (non-hydrogen) atoms. The van der Waals surface area contributed by atoms with Crippen molar-refractivity contribution >= 4 is 132 Å². The second kappa shape index (κ2) is 18.7. The Balaban J connectivity index is 1.26. The minimum absolute atomic E-state index is 0.0135. The normalized spacial score (nSPS) is 14.8. The highest BCUT2D eigenvalue weighted by atomic mass is 15.0. The van der Waals surface area contributed by atoms with Crippen LogP contribution < -0.4 is 16.4 Å². The van der Waals surface area contributed by atoms with E-state index in [4.69, 9.17) is 2.74 Å². The lowest BCUT2D eigenvalue weighted by Crippen LogP contribution is -2.60. The summed E-state index contributed by atoms with van der Waals surface area (Å²) in [6.45, 7) is 6.50. The number of aryl methyl sites for hydroxylation is 1. The second-order valence-electron chi connectivity index (χ2n) is 23.9. The van der Waals surface area contributed by atoms with Gasteiger partial charge in [0.05, 0.1) is 52.5 Å². The Hall–Kier alpha value is -10.7. The topological polar surface area (TPSA) is 14.8 Å². The Morgan fingerprint density at radius 2 is 0.724 bits per heavy atom. The zero-order valence-corrected chi connectivity index (χ0v) is 47.9. The fraction of sp³-hybridized carbons (Fsp3) is 0.0602. The molecule has 0 atom stereocenters. The maximum Gasteiger partial charge on any atom is 0.252 e. The Labute approximate surface area is 524 Å². The number of fused-ring (bicyclic) bond motifs is 21. The van der Waals surface area contributed by atoms with E-state index in [1.165, 1.54) is 4.57 Å². The van der Waals surface area contributed by atoms with Crippen molar-refractivity contribution in [3.8, 4) is 39.3 Å². The number of rotatable bonds is 3. The first kappa shape index (κ1) is 37.6. The van der Waals surface area contributed by atoms with Gasteiger partial charge in [-0.25, -0.2) is 0 Å². The lowest BCUT2D eigenvalue weighted by molar-refractivity contribution is 0.589. The molecule has 0 unspecified atom stereocenters. The number of para-hydroxylation sites is 4. The molecular formula is C83H58BN3. The summed E-state index contributed by atoms with van der Waals surface area (Å²) in [6.07, 6.45) is 0. The zero-order valence-electron chi connectivity index (χ0n) is 61.9. The first-order valence-corrected chi connectivity index (χ1v) is 29.5. The van der Waals surface area contributed by atoms with Crippen molar-refractivity contribution < 1.29 is 19.2 Å². The molecule has 2 aliphatic rings. The predicted octanol–water partition coefficient (Wildman–Crippen LogP) is 19.9. The molecule has 0 aliphatic carbocycles. The van der Waals surface area contributed by atoms with Crippen molar-refractivity contribution in [1.29, 1.82) is 0 Å². The van der Waals surface area contributed by atoms with Gasteiger partial charge in [-0.3, -0.25) is 0 Å². The van der Waals surface area contributed by atoms with Crippen LogP contribution in [0.5, 0.6) is 0 Å². The van der Waals surface area contributed by atoms with Crippen molar-refractivity contribution in [2.45, 2.75) is 33.1 Å². The third kappa shape index (κ3) is 7.07. The molecule has 18 rings (SSSR count). The van der Waals surface area contributed by atoms with Gasteiger partial charge in [0.15, 0.2) is 0 Å². The summed E-state index contributed by atoms with van der Waals surface area (Å²) >= 11 is 0. The van der Waals surface area contributed by atoms with E-state index in [-0.39, 0.29) is 79.2 Å². The third-order valence-corrected chi connectivity index (χ3v) is 18.2. The van der Waals surface area contributed by atoms with E-state index in [9.17, 15) is 16.4 Å². The van der Waals surface area contributed by atoms with Crippen LogP contribution in [0, 0.1) is 6.92 Å². The molecule has 0 bridgehead atoms. The second-order valence-corrected chi connectivity index (χ2v) is 23.9. The third-order valence-electron chi connectivity index (χ3n) is 18.2. The van der Waals surface area contributed by atoms with E-state index in [1.54, 1.807) is 0 Å². The Morgan fingerprint density at radius 3 is 1.21 bits per heavy atom. The molecule has 0 spiro atoms. The van der Waals surface area contributed by atoms with Gasteiger partial charge in [0.25, 0.3) is 6.71 Å². The molecule has 2 aliphatic heterocycles. The molecule has 0 N–H and O–H groups in total. The molecule has 0 fully saturated rings. The molecule has 13 aromatic carbocycles. The number of hydrogen-bond acceptors (Lipinski definition) is 0. The van der Waals surface area contributed by atoms with E-state index in [1.807, 2.05) is 184 Å². The van der Waals surface area contributed by atoms with Crippen LogP contribution in [-0.4, -0.2) is 20.4 Å². The summed E-state index contributed by atoms with van der Waals surface area (Å²) in [6, 6.07) is 57.9. The van der Waals surface area contributed by atoms with Gasteiger partial charge in [0, 0.05) is 60.3 Å². The average molecular weight is 1120 g/mol. The van der Waals surface area contributed by atoms with Gasteiger partial charge >= 0.3 is 0 Å². The largest absolute Gasteiger partial charge is 0.310 e.